The molecule has 0 radical (unpaired) electrons. The van der Waals surface area contributed by atoms with Gasteiger partial charge >= 0.3 is 0 Å². The van der Waals surface area contributed by atoms with E-state index in [9.17, 15) is 0 Å². The maximum Gasteiger partial charge on any atom is 0.242 e. The van der Waals surface area contributed by atoms with E-state index in [1.165, 1.54) is 0 Å². The van der Waals surface area contributed by atoms with Crippen molar-refractivity contribution in [1.29, 1.82) is 0 Å². The van der Waals surface area contributed by atoms with Crippen LogP contribution in [0.15, 0.2) is 85.2 Å². The molecule has 27 heavy (non-hydrogen) atoms. The van der Waals surface area contributed by atoms with Crippen molar-refractivity contribution in [3.63, 3.8) is 0 Å². The van der Waals surface area contributed by atoms with E-state index in [4.69, 9.17) is 14.5 Å². The highest BCUT2D eigenvalue weighted by Gasteiger charge is 2.51. The smallest absolute Gasteiger partial charge is 0.242 e. The fourth-order valence-electron chi connectivity index (χ4n) is 4.29. The second kappa shape index (κ2) is 5.17. The van der Waals surface area contributed by atoms with Crippen molar-refractivity contribution in [3.05, 3.63) is 108 Å². The minimum absolute atomic E-state index is 0.530. The Kier molecular flexibility index (Phi) is 2.78. The van der Waals surface area contributed by atoms with Crippen molar-refractivity contribution in [3.8, 4) is 23.1 Å². The summed E-state index contributed by atoms with van der Waals surface area (Å²) in [5, 5.41) is 0. The maximum absolute atomic E-state index is 6.25. The van der Waals surface area contributed by atoms with Crippen LogP contribution in [0, 0.1) is 0 Å². The predicted octanol–water partition coefficient (Wildman–Crippen LogP) is 5.07. The molecule has 3 aromatic carbocycles. The van der Waals surface area contributed by atoms with Crippen LogP contribution in [0.2, 0.25) is 0 Å². The minimum atomic E-state index is -0.635. The van der Waals surface area contributed by atoms with Gasteiger partial charge < -0.3 is 9.47 Å². The number of para-hydroxylation sites is 3. The first-order valence-corrected chi connectivity index (χ1v) is 8.85. The van der Waals surface area contributed by atoms with Crippen molar-refractivity contribution in [2.75, 3.05) is 0 Å². The molecule has 2 aliphatic heterocycles. The minimum Gasteiger partial charge on any atom is -0.457 e. The molecule has 1 spiro atoms. The van der Waals surface area contributed by atoms with E-state index >= 15 is 0 Å². The molecule has 0 atom stereocenters. The van der Waals surface area contributed by atoms with Crippen LogP contribution in [0.5, 0.6) is 23.1 Å². The van der Waals surface area contributed by atoms with E-state index in [-0.39, 0.29) is 0 Å². The van der Waals surface area contributed by atoms with Gasteiger partial charge in [-0.2, -0.15) is 0 Å². The topological polar surface area (TPSA) is 44.2 Å². The van der Waals surface area contributed by atoms with Gasteiger partial charge in [0, 0.05) is 29.1 Å². The highest BCUT2D eigenvalue weighted by molar-refractivity contribution is 5.72. The third-order valence-electron chi connectivity index (χ3n) is 5.32. The molecule has 0 amide bonds. The van der Waals surface area contributed by atoms with Crippen LogP contribution in [-0.4, -0.2) is 9.97 Å². The summed E-state index contributed by atoms with van der Waals surface area (Å²) < 4.78 is 12.4. The molecule has 0 unspecified atom stereocenters. The van der Waals surface area contributed by atoms with Crippen LogP contribution in [0.25, 0.3) is 0 Å². The van der Waals surface area contributed by atoms with E-state index in [2.05, 4.69) is 23.2 Å². The lowest BCUT2D eigenvalue weighted by molar-refractivity contribution is 0.383. The highest BCUT2D eigenvalue weighted by atomic mass is 16.5. The summed E-state index contributed by atoms with van der Waals surface area (Å²) in [6.45, 7) is 0. The molecule has 0 N–H and O–H groups in total. The molecule has 3 heterocycles. The number of hydrogen-bond acceptors (Lipinski definition) is 4. The highest BCUT2D eigenvalue weighted by Crippen LogP contribution is 2.59. The van der Waals surface area contributed by atoms with Crippen LogP contribution >= 0.6 is 0 Å². The second-order valence-corrected chi connectivity index (χ2v) is 6.65. The van der Waals surface area contributed by atoms with E-state index in [0.717, 1.165) is 39.6 Å². The van der Waals surface area contributed by atoms with Crippen LogP contribution in [0.3, 0.4) is 0 Å². The third-order valence-corrected chi connectivity index (χ3v) is 5.32. The average molecular weight is 350 g/mol. The number of aromatic nitrogens is 2. The van der Waals surface area contributed by atoms with Crippen molar-refractivity contribution in [2.24, 2.45) is 0 Å². The summed E-state index contributed by atoms with van der Waals surface area (Å²) in [5.74, 6) is 2.97. The molecule has 2 aliphatic rings. The average Bonchev–Trinajstić information content (AvgIpc) is 2.73. The van der Waals surface area contributed by atoms with Crippen LogP contribution < -0.4 is 9.47 Å². The monoisotopic (exact) mass is 350 g/mol. The molecule has 128 valence electrons. The van der Waals surface area contributed by atoms with Crippen molar-refractivity contribution in [1.82, 2.24) is 9.97 Å². The van der Waals surface area contributed by atoms with Crippen LogP contribution in [-0.2, 0) is 5.41 Å². The fraction of sp³-hybridized carbons (Fsp3) is 0.0435. The molecule has 6 rings (SSSR count). The van der Waals surface area contributed by atoms with Gasteiger partial charge in [-0.3, -0.25) is 4.98 Å². The number of rotatable bonds is 0. The van der Waals surface area contributed by atoms with Gasteiger partial charge in [0.1, 0.15) is 28.4 Å². The van der Waals surface area contributed by atoms with E-state index in [0.29, 0.717) is 5.88 Å². The van der Waals surface area contributed by atoms with E-state index < -0.39 is 5.41 Å². The second-order valence-electron chi connectivity index (χ2n) is 6.65. The maximum atomic E-state index is 6.25. The Bertz CT molecular complexity index is 1010. The summed E-state index contributed by atoms with van der Waals surface area (Å²) in [6, 6.07) is 24.3. The SMILES string of the molecule is c1ccc2c(c1)Oc1ccccc1C21c2ccccc2Oc2nccnc21. The molecule has 4 heteroatoms. The van der Waals surface area contributed by atoms with Gasteiger partial charge in [0.2, 0.25) is 5.88 Å². The Balaban J connectivity index is 1.85. The lowest BCUT2D eigenvalue weighted by Crippen LogP contribution is -2.37. The molecule has 0 saturated carbocycles. The third kappa shape index (κ3) is 1.77. The van der Waals surface area contributed by atoms with Gasteiger partial charge in [-0.25, -0.2) is 4.98 Å². The Morgan fingerprint density at radius 1 is 0.556 bits per heavy atom. The summed E-state index contributed by atoms with van der Waals surface area (Å²) >= 11 is 0. The molecule has 4 aromatic rings. The molecule has 1 aromatic heterocycles. The first-order valence-electron chi connectivity index (χ1n) is 8.85. The number of ether oxygens (including phenoxy) is 2. The Labute approximate surface area is 156 Å². The predicted molar refractivity (Wildman–Crippen MR) is 100 cm³/mol. The molecule has 0 saturated heterocycles. The Hall–Kier alpha value is -3.66. The number of nitrogens with zero attached hydrogens (tertiary/aromatic N) is 2. The van der Waals surface area contributed by atoms with Crippen molar-refractivity contribution in [2.45, 2.75) is 5.41 Å². The van der Waals surface area contributed by atoms with Crippen LogP contribution in [0.4, 0.5) is 0 Å². The zero-order valence-electron chi connectivity index (χ0n) is 14.3. The van der Waals surface area contributed by atoms with Gasteiger partial charge in [0.15, 0.2) is 0 Å². The summed E-state index contributed by atoms with van der Waals surface area (Å²) in [4.78, 5) is 9.24. The van der Waals surface area contributed by atoms with E-state index in [1.807, 2.05) is 54.6 Å². The molecular formula is C23H14N2O2. The van der Waals surface area contributed by atoms with Gasteiger partial charge in [0.25, 0.3) is 0 Å². The lowest BCUT2D eigenvalue weighted by atomic mass is 9.64. The summed E-state index contributed by atoms with van der Waals surface area (Å²) in [6.07, 6.45) is 3.39. The molecular weight excluding hydrogens is 336 g/mol. The lowest BCUT2D eigenvalue weighted by Gasteiger charge is -2.43. The Morgan fingerprint density at radius 2 is 1.04 bits per heavy atom. The number of hydrogen-bond donors (Lipinski definition) is 0. The standard InChI is InChI=1S/C23H14N2O2/c1-4-10-18-15(7-1)23(16-8-2-5-11-19(16)26-18)17-9-3-6-12-20(17)27-22-21(23)24-13-14-25-22/h1-14H. The Morgan fingerprint density at radius 3 is 1.63 bits per heavy atom. The van der Waals surface area contributed by atoms with Gasteiger partial charge in [-0.1, -0.05) is 54.6 Å². The summed E-state index contributed by atoms with van der Waals surface area (Å²) in [7, 11) is 0. The first kappa shape index (κ1) is 14.5. The summed E-state index contributed by atoms with van der Waals surface area (Å²) in [5.41, 5.74) is 3.28. The number of benzene rings is 3. The number of fused-ring (bicyclic) bond motifs is 8. The van der Waals surface area contributed by atoms with Crippen molar-refractivity contribution < 1.29 is 9.47 Å². The normalized spacial score (nSPS) is 14.8. The first-order chi connectivity index (χ1) is 13.4. The molecule has 4 nitrogen and oxygen atoms in total. The molecule has 0 aliphatic carbocycles. The van der Waals surface area contributed by atoms with Gasteiger partial charge in [-0.15, -0.1) is 0 Å². The van der Waals surface area contributed by atoms with E-state index in [1.54, 1.807) is 12.4 Å². The van der Waals surface area contributed by atoms with Crippen LogP contribution in [0.1, 0.15) is 22.4 Å². The van der Waals surface area contributed by atoms with Gasteiger partial charge in [-0.05, 0) is 18.2 Å². The quantitative estimate of drug-likeness (QED) is 0.384. The fourth-order valence-corrected chi connectivity index (χ4v) is 4.29. The van der Waals surface area contributed by atoms with Gasteiger partial charge in [0.05, 0.1) is 0 Å². The molecule has 0 bridgehead atoms. The van der Waals surface area contributed by atoms with Crippen molar-refractivity contribution >= 4 is 0 Å². The zero-order valence-corrected chi connectivity index (χ0v) is 14.3. The largest absolute Gasteiger partial charge is 0.457 e. The molecule has 0 fully saturated rings. The zero-order chi connectivity index (χ0) is 17.8.